The minimum atomic E-state index is -0.883. The van der Waals surface area contributed by atoms with Crippen LogP contribution in [0.4, 0.5) is 8.78 Å². The van der Waals surface area contributed by atoms with Crippen molar-refractivity contribution in [3.63, 3.8) is 0 Å². The van der Waals surface area contributed by atoms with Crippen LogP contribution in [-0.2, 0) is 6.54 Å². The van der Waals surface area contributed by atoms with Crippen LogP contribution in [0.25, 0.3) is 0 Å². The van der Waals surface area contributed by atoms with Gasteiger partial charge in [-0.25, -0.2) is 8.78 Å². The van der Waals surface area contributed by atoms with E-state index >= 15 is 0 Å². The Morgan fingerprint density at radius 1 is 1.24 bits per heavy atom. The standard InChI is InChI=1S/C16H18F2N2O/c1-20(11-12-3-2-5-19-10-12)6-4-16(21)13-7-14(17)9-15(18)8-13/h2-3,5,7-10,16,21H,4,6,11H2,1H3. The average Bonchev–Trinajstić information content (AvgIpc) is 2.45. The summed E-state index contributed by atoms with van der Waals surface area (Å²) in [6, 6.07) is 6.96. The van der Waals surface area contributed by atoms with Crippen molar-refractivity contribution in [2.45, 2.75) is 19.1 Å². The summed E-state index contributed by atoms with van der Waals surface area (Å²) < 4.78 is 26.2. The summed E-state index contributed by atoms with van der Waals surface area (Å²) in [6.45, 7) is 1.31. The molecule has 0 fully saturated rings. The molecule has 1 unspecified atom stereocenters. The zero-order valence-electron chi connectivity index (χ0n) is 11.8. The van der Waals surface area contributed by atoms with E-state index in [9.17, 15) is 13.9 Å². The van der Waals surface area contributed by atoms with E-state index in [1.165, 1.54) is 0 Å². The number of rotatable bonds is 6. The molecular formula is C16H18F2N2O. The number of benzene rings is 1. The lowest BCUT2D eigenvalue weighted by atomic mass is 10.1. The third-order valence-corrected chi connectivity index (χ3v) is 3.23. The second-order valence-corrected chi connectivity index (χ2v) is 5.11. The molecule has 1 heterocycles. The normalized spacial score (nSPS) is 12.6. The highest BCUT2D eigenvalue weighted by Crippen LogP contribution is 2.19. The Labute approximate surface area is 122 Å². The molecular weight excluding hydrogens is 274 g/mol. The van der Waals surface area contributed by atoms with Gasteiger partial charge in [0.2, 0.25) is 0 Å². The van der Waals surface area contributed by atoms with Gasteiger partial charge >= 0.3 is 0 Å². The lowest BCUT2D eigenvalue weighted by Crippen LogP contribution is -2.21. The monoisotopic (exact) mass is 292 g/mol. The fraction of sp³-hybridized carbons (Fsp3) is 0.312. The van der Waals surface area contributed by atoms with Gasteiger partial charge in [-0.3, -0.25) is 4.98 Å². The zero-order valence-corrected chi connectivity index (χ0v) is 11.8. The number of aliphatic hydroxyl groups excluding tert-OH is 1. The summed E-state index contributed by atoms with van der Waals surface area (Å²) in [5.74, 6) is -1.35. The Balaban J connectivity index is 1.87. The molecule has 0 aliphatic rings. The number of hydrogen-bond acceptors (Lipinski definition) is 3. The maximum absolute atomic E-state index is 13.1. The SMILES string of the molecule is CN(CCC(O)c1cc(F)cc(F)c1)Cc1cccnc1. The van der Waals surface area contributed by atoms with Gasteiger partial charge in [0.1, 0.15) is 11.6 Å². The minimum Gasteiger partial charge on any atom is -0.388 e. The molecule has 21 heavy (non-hydrogen) atoms. The van der Waals surface area contributed by atoms with Crippen LogP contribution in [-0.4, -0.2) is 28.6 Å². The molecule has 0 spiro atoms. The van der Waals surface area contributed by atoms with Crippen molar-refractivity contribution in [3.05, 3.63) is 65.5 Å². The summed E-state index contributed by atoms with van der Waals surface area (Å²) in [7, 11) is 1.92. The van der Waals surface area contributed by atoms with Crippen LogP contribution >= 0.6 is 0 Å². The summed E-state index contributed by atoms with van der Waals surface area (Å²) in [5, 5.41) is 10.0. The molecule has 1 aromatic carbocycles. The van der Waals surface area contributed by atoms with Crippen molar-refractivity contribution in [3.8, 4) is 0 Å². The van der Waals surface area contributed by atoms with Crippen molar-refractivity contribution in [1.29, 1.82) is 0 Å². The lowest BCUT2D eigenvalue weighted by Gasteiger charge is -2.19. The highest BCUT2D eigenvalue weighted by atomic mass is 19.1. The van der Waals surface area contributed by atoms with Gasteiger partial charge in [-0.2, -0.15) is 0 Å². The van der Waals surface area contributed by atoms with Gasteiger partial charge in [-0.1, -0.05) is 6.07 Å². The maximum Gasteiger partial charge on any atom is 0.126 e. The maximum atomic E-state index is 13.1. The van der Waals surface area contributed by atoms with E-state index in [1.807, 2.05) is 24.1 Å². The number of aromatic nitrogens is 1. The molecule has 1 atom stereocenters. The van der Waals surface area contributed by atoms with E-state index in [1.54, 1.807) is 12.4 Å². The zero-order chi connectivity index (χ0) is 15.2. The predicted octanol–water partition coefficient (Wildman–Crippen LogP) is 2.92. The Morgan fingerprint density at radius 2 is 1.95 bits per heavy atom. The molecule has 1 aromatic heterocycles. The third-order valence-electron chi connectivity index (χ3n) is 3.23. The Morgan fingerprint density at radius 3 is 2.57 bits per heavy atom. The smallest absolute Gasteiger partial charge is 0.126 e. The first-order chi connectivity index (χ1) is 10.0. The van der Waals surface area contributed by atoms with Crippen molar-refractivity contribution < 1.29 is 13.9 Å². The molecule has 112 valence electrons. The number of pyridine rings is 1. The van der Waals surface area contributed by atoms with Gasteiger partial charge < -0.3 is 10.0 Å². The summed E-state index contributed by atoms with van der Waals surface area (Å²) >= 11 is 0. The summed E-state index contributed by atoms with van der Waals surface area (Å²) in [5.41, 5.74) is 1.34. The molecule has 1 N–H and O–H groups in total. The van der Waals surface area contributed by atoms with Crippen LogP contribution in [0.3, 0.4) is 0 Å². The lowest BCUT2D eigenvalue weighted by molar-refractivity contribution is 0.147. The highest BCUT2D eigenvalue weighted by Gasteiger charge is 2.12. The highest BCUT2D eigenvalue weighted by molar-refractivity contribution is 5.20. The van der Waals surface area contributed by atoms with Crippen molar-refractivity contribution in [2.75, 3.05) is 13.6 Å². The van der Waals surface area contributed by atoms with Crippen LogP contribution < -0.4 is 0 Å². The Bertz CT molecular complexity index is 557. The largest absolute Gasteiger partial charge is 0.388 e. The number of hydrogen-bond donors (Lipinski definition) is 1. The van der Waals surface area contributed by atoms with Gasteiger partial charge in [0.25, 0.3) is 0 Å². The van der Waals surface area contributed by atoms with Gasteiger partial charge in [0, 0.05) is 31.5 Å². The van der Waals surface area contributed by atoms with Crippen LogP contribution in [0.2, 0.25) is 0 Å². The molecule has 0 bridgehead atoms. The van der Waals surface area contributed by atoms with E-state index in [2.05, 4.69) is 4.98 Å². The average molecular weight is 292 g/mol. The molecule has 2 rings (SSSR count). The molecule has 0 aliphatic heterocycles. The van der Waals surface area contributed by atoms with E-state index < -0.39 is 17.7 Å². The van der Waals surface area contributed by atoms with E-state index in [0.717, 1.165) is 23.8 Å². The first-order valence-electron chi connectivity index (χ1n) is 6.76. The molecule has 3 nitrogen and oxygen atoms in total. The van der Waals surface area contributed by atoms with Gasteiger partial charge in [0.05, 0.1) is 6.10 Å². The van der Waals surface area contributed by atoms with Crippen LogP contribution in [0.15, 0.2) is 42.7 Å². The van der Waals surface area contributed by atoms with Crippen LogP contribution in [0.1, 0.15) is 23.7 Å². The Kier molecular flexibility index (Phi) is 5.36. The van der Waals surface area contributed by atoms with Crippen LogP contribution in [0.5, 0.6) is 0 Å². The second-order valence-electron chi connectivity index (χ2n) is 5.11. The quantitative estimate of drug-likeness (QED) is 0.889. The van der Waals surface area contributed by atoms with Crippen molar-refractivity contribution >= 4 is 0 Å². The van der Waals surface area contributed by atoms with E-state index in [0.29, 0.717) is 19.5 Å². The summed E-state index contributed by atoms with van der Waals surface area (Å²) in [4.78, 5) is 6.06. The minimum absolute atomic E-state index is 0.266. The molecule has 2 aromatic rings. The van der Waals surface area contributed by atoms with Crippen molar-refractivity contribution in [2.24, 2.45) is 0 Å². The Hall–Kier alpha value is -1.85. The molecule has 0 saturated carbocycles. The van der Waals surface area contributed by atoms with Crippen molar-refractivity contribution in [1.82, 2.24) is 9.88 Å². The van der Waals surface area contributed by atoms with Gasteiger partial charge in [-0.05, 0) is 42.8 Å². The summed E-state index contributed by atoms with van der Waals surface area (Å²) in [6.07, 6.45) is 3.02. The van der Waals surface area contributed by atoms with E-state index in [4.69, 9.17) is 0 Å². The molecule has 0 amide bonds. The van der Waals surface area contributed by atoms with Gasteiger partial charge in [0.15, 0.2) is 0 Å². The number of halogens is 2. The fourth-order valence-electron chi connectivity index (χ4n) is 2.16. The predicted molar refractivity (Wildman–Crippen MR) is 76.5 cm³/mol. The molecule has 0 saturated heterocycles. The first-order valence-corrected chi connectivity index (χ1v) is 6.76. The second kappa shape index (κ2) is 7.24. The topological polar surface area (TPSA) is 36.4 Å². The number of nitrogens with zero attached hydrogens (tertiary/aromatic N) is 2. The molecule has 5 heteroatoms. The van der Waals surface area contributed by atoms with Crippen LogP contribution in [0, 0.1) is 11.6 Å². The molecule has 0 aliphatic carbocycles. The third kappa shape index (κ3) is 4.88. The fourth-order valence-corrected chi connectivity index (χ4v) is 2.16. The first kappa shape index (κ1) is 15.5. The molecule has 0 radical (unpaired) electrons. The van der Waals surface area contributed by atoms with E-state index in [-0.39, 0.29) is 5.56 Å². The number of aliphatic hydroxyl groups is 1. The van der Waals surface area contributed by atoms with Gasteiger partial charge in [-0.15, -0.1) is 0 Å².